The van der Waals surface area contributed by atoms with Gasteiger partial charge in [-0.05, 0) is 38.5 Å². The third-order valence-corrected chi connectivity index (χ3v) is 4.63. The maximum atomic E-state index is 12.0. The summed E-state index contributed by atoms with van der Waals surface area (Å²) in [6.45, 7) is 4.61. The standard InChI is InChI=1S/C11H14O3S/c1-9-5-4-6-10(7-9)15(13,14)11(2,3)8-12/h4-8H,1-3H3. The van der Waals surface area contributed by atoms with Crippen molar-refractivity contribution in [3.63, 3.8) is 0 Å². The molecule has 0 aliphatic heterocycles. The van der Waals surface area contributed by atoms with Crippen LogP contribution in [-0.4, -0.2) is 19.5 Å². The molecule has 0 spiro atoms. The highest BCUT2D eigenvalue weighted by molar-refractivity contribution is 7.93. The van der Waals surface area contributed by atoms with E-state index in [1.165, 1.54) is 19.9 Å². The average Bonchev–Trinajstić information content (AvgIpc) is 2.17. The topological polar surface area (TPSA) is 51.2 Å². The lowest BCUT2D eigenvalue weighted by Gasteiger charge is -2.17. The van der Waals surface area contributed by atoms with Crippen molar-refractivity contribution in [1.29, 1.82) is 0 Å². The predicted octanol–water partition coefficient (Wildman–Crippen LogP) is 1.75. The van der Waals surface area contributed by atoms with Crippen LogP contribution in [0.3, 0.4) is 0 Å². The van der Waals surface area contributed by atoms with Gasteiger partial charge in [0.25, 0.3) is 0 Å². The van der Waals surface area contributed by atoms with E-state index < -0.39 is 14.6 Å². The van der Waals surface area contributed by atoms with Gasteiger partial charge in [-0.1, -0.05) is 12.1 Å². The van der Waals surface area contributed by atoms with E-state index in [9.17, 15) is 13.2 Å². The molecule has 1 aromatic rings. The van der Waals surface area contributed by atoms with Crippen LogP contribution in [0.2, 0.25) is 0 Å². The van der Waals surface area contributed by atoms with Crippen LogP contribution in [0, 0.1) is 6.92 Å². The highest BCUT2D eigenvalue weighted by Crippen LogP contribution is 2.23. The number of hydrogen-bond donors (Lipinski definition) is 0. The van der Waals surface area contributed by atoms with Gasteiger partial charge in [-0.3, -0.25) is 0 Å². The molecule has 0 saturated carbocycles. The average molecular weight is 226 g/mol. The second-order valence-electron chi connectivity index (χ2n) is 4.04. The van der Waals surface area contributed by atoms with Gasteiger partial charge < -0.3 is 4.79 Å². The Morgan fingerprint density at radius 3 is 2.33 bits per heavy atom. The van der Waals surface area contributed by atoms with E-state index in [4.69, 9.17) is 0 Å². The summed E-state index contributed by atoms with van der Waals surface area (Å²) < 4.78 is 22.6. The zero-order valence-corrected chi connectivity index (χ0v) is 9.84. The number of aldehydes is 1. The molecule has 0 heterocycles. The third kappa shape index (κ3) is 2.09. The van der Waals surface area contributed by atoms with Gasteiger partial charge in [-0.2, -0.15) is 0 Å². The molecular weight excluding hydrogens is 212 g/mol. The molecule has 4 heteroatoms. The minimum atomic E-state index is -3.58. The lowest BCUT2D eigenvalue weighted by Crippen LogP contribution is -2.33. The fraction of sp³-hybridized carbons (Fsp3) is 0.364. The molecular formula is C11H14O3S. The minimum absolute atomic E-state index is 0.194. The van der Waals surface area contributed by atoms with Gasteiger partial charge >= 0.3 is 0 Å². The highest BCUT2D eigenvalue weighted by Gasteiger charge is 2.35. The monoisotopic (exact) mass is 226 g/mol. The number of carbonyl (C=O) groups is 1. The maximum absolute atomic E-state index is 12.0. The van der Waals surface area contributed by atoms with E-state index in [2.05, 4.69) is 0 Å². The second kappa shape index (κ2) is 3.77. The number of carbonyl (C=O) groups excluding carboxylic acids is 1. The molecule has 0 aromatic heterocycles. The van der Waals surface area contributed by atoms with E-state index in [1.54, 1.807) is 12.1 Å². The molecule has 0 aliphatic rings. The summed E-state index contributed by atoms with van der Waals surface area (Å²) in [6.07, 6.45) is 0.463. The van der Waals surface area contributed by atoms with Crippen molar-refractivity contribution in [3.8, 4) is 0 Å². The van der Waals surface area contributed by atoms with Crippen molar-refractivity contribution < 1.29 is 13.2 Å². The maximum Gasteiger partial charge on any atom is 0.190 e. The summed E-state index contributed by atoms with van der Waals surface area (Å²) >= 11 is 0. The van der Waals surface area contributed by atoms with Crippen molar-refractivity contribution >= 4 is 16.1 Å². The van der Waals surface area contributed by atoms with Crippen LogP contribution < -0.4 is 0 Å². The van der Waals surface area contributed by atoms with E-state index in [1.807, 2.05) is 13.0 Å². The molecule has 0 bridgehead atoms. The summed E-state index contributed by atoms with van der Waals surface area (Å²) in [5, 5.41) is 0. The van der Waals surface area contributed by atoms with Crippen molar-refractivity contribution in [1.82, 2.24) is 0 Å². The number of rotatable bonds is 3. The Bertz CT molecular complexity index is 472. The molecule has 0 N–H and O–H groups in total. The Labute approximate surface area is 90.0 Å². The summed E-state index contributed by atoms with van der Waals surface area (Å²) in [7, 11) is -3.58. The Hall–Kier alpha value is -1.16. The van der Waals surface area contributed by atoms with Gasteiger partial charge in [0, 0.05) is 0 Å². The van der Waals surface area contributed by atoms with E-state index in [0.717, 1.165) is 5.56 Å². The Morgan fingerprint density at radius 2 is 1.87 bits per heavy atom. The number of hydrogen-bond acceptors (Lipinski definition) is 3. The van der Waals surface area contributed by atoms with Gasteiger partial charge in [0.15, 0.2) is 9.84 Å². The first-order valence-electron chi connectivity index (χ1n) is 4.59. The summed E-state index contributed by atoms with van der Waals surface area (Å²) in [6, 6.07) is 6.56. The fourth-order valence-electron chi connectivity index (χ4n) is 1.15. The first-order valence-corrected chi connectivity index (χ1v) is 6.07. The van der Waals surface area contributed by atoms with Crippen molar-refractivity contribution in [3.05, 3.63) is 29.8 Å². The summed E-state index contributed by atoms with van der Waals surface area (Å²) in [4.78, 5) is 10.9. The van der Waals surface area contributed by atoms with E-state index >= 15 is 0 Å². The summed E-state index contributed by atoms with van der Waals surface area (Å²) in [5.41, 5.74) is 0.859. The van der Waals surface area contributed by atoms with Crippen LogP contribution in [0.25, 0.3) is 0 Å². The third-order valence-electron chi connectivity index (χ3n) is 2.28. The van der Waals surface area contributed by atoms with Crippen LogP contribution >= 0.6 is 0 Å². The smallest absolute Gasteiger partial charge is 0.190 e. The molecule has 0 saturated heterocycles. The van der Waals surface area contributed by atoms with E-state index in [-0.39, 0.29) is 4.90 Å². The van der Waals surface area contributed by atoms with Crippen LogP contribution in [0.5, 0.6) is 0 Å². The molecule has 82 valence electrons. The molecule has 0 unspecified atom stereocenters. The fourth-order valence-corrected chi connectivity index (χ4v) is 2.48. The molecule has 0 radical (unpaired) electrons. The van der Waals surface area contributed by atoms with Crippen LogP contribution in [-0.2, 0) is 14.6 Å². The van der Waals surface area contributed by atoms with Gasteiger partial charge in [0.2, 0.25) is 0 Å². The SMILES string of the molecule is Cc1cccc(S(=O)(=O)C(C)(C)C=O)c1. The number of aryl methyl sites for hydroxylation is 1. The molecule has 1 rings (SSSR count). The molecule has 1 aromatic carbocycles. The van der Waals surface area contributed by atoms with Gasteiger partial charge in [-0.15, -0.1) is 0 Å². The van der Waals surface area contributed by atoms with Crippen molar-refractivity contribution in [2.45, 2.75) is 30.4 Å². The zero-order chi connectivity index (χ0) is 11.7. The Kier molecular flexibility index (Phi) is 3.00. The molecule has 3 nitrogen and oxygen atoms in total. The van der Waals surface area contributed by atoms with Crippen LogP contribution in [0.4, 0.5) is 0 Å². The molecule has 15 heavy (non-hydrogen) atoms. The lowest BCUT2D eigenvalue weighted by atomic mass is 10.2. The molecule has 0 aliphatic carbocycles. The van der Waals surface area contributed by atoms with Crippen LogP contribution in [0.1, 0.15) is 19.4 Å². The van der Waals surface area contributed by atoms with Crippen molar-refractivity contribution in [2.24, 2.45) is 0 Å². The quantitative estimate of drug-likeness (QED) is 0.738. The van der Waals surface area contributed by atoms with Gasteiger partial charge in [-0.25, -0.2) is 8.42 Å². The van der Waals surface area contributed by atoms with E-state index in [0.29, 0.717) is 6.29 Å². The minimum Gasteiger partial charge on any atom is -0.302 e. The number of sulfone groups is 1. The first-order chi connectivity index (χ1) is 6.81. The lowest BCUT2D eigenvalue weighted by molar-refractivity contribution is -0.109. The zero-order valence-electron chi connectivity index (χ0n) is 9.02. The molecule has 0 atom stereocenters. The van der Waals surface area contributed by atoms with Crippen LogP contribution in [0.15, 0.2) is 29.2 Å². The van der Waals surface area contributed by atoms with Crippen molar-refractivity contribution in [2.75, 3.05) is 0 Å². The Balaban J connectivity index is 3.36. The van der Waals surface area contributed by atoms with Gasteiger partial charge in [0.05, 0.1) is 4.90 Å². The Morgan fingerprint density at radius 1 is 1.27 bits per heavy atom. The van der Waals surface area contributed by atoms with Gasteiger partial charge in [0.1, 0.15) is 11.0 Å². The normalized spacial score (nSPS) is 12.5. The summed E-state index contributed by atoms with van der Waals surface area (Å²) in [5.74, 6) is 0. The largest absolute Gasteiger partial charge is 0.302 e. The molecule has 0 fully saturated rings. The first kappa shape index (κ1) is 11.9. The second-order valence-corrected chi connectivity index (χ2v) is 6.57. The predicted molar refractivity (Wildman–Crippen MR) is 58.5 cm³/mol. The highest BCUT2D eigenvalue weighted by atomic mass is 32.2. The number of benzene rings is 1. The molecule has 0 amide bonds.